The van der Waals surface area contributed by atoms with Crippen molar-refractivity contribution in [1.82, 2.24) is 0 Å². The highest BCUT2D eigenvalue weighted by molar-refractivity contribution is 5.28. The molecule has 2 atom stereocenters. The highest BCUT2D eigenvalue weighted by Gasteiger charge is 2.09. The van der Waals surface area contributed by atoms with Crippen LogP contribution in [0, 0.1) is 5.92 Å². The van der Waals surface area contributed by atoms with Crippen molar-refractivity contribution in [3.63, 3.8) is 0 Å². The van der Waals surface area contributed by atoms with Crippen LogP contribution in [0.25, 0.3) is 0 Å². The van der Waals surface area contributed by atoms with Gasteiger partial charge in [0.15, 0.2) is 0 Å². The monoisotopic (exact) mass is 194 g/mol. The molecule has 0 radical (unpaired) electrons. The zero-order chi connectivity index (χ0) is 10.6. The van der Waals surface area contributed by atoms with Crippen LogP contribution in [0.1, 0.15) is 19.4 Å². The van der Waals surface area contributed by atoms with Gasteiger partial charge < -0.3 is 9.84 Å². The van der Waals surface area contributed by atoms with E-state index in [1.54, 1.807) is 7.11 Å². The molecule has 0 saturated heterocycles. The maximum absolute atomic E-state index is 9.38. The first-order valence-electron chi connectivity index (χ1n) is 4.94. The average molecular weight is 194 g/mol. The SMILES string of the molecule is COc1cccc(CC(C)C(C)O)c1. The molecule has 1 aromatic rings. The summed E-state index contributed by atoms with van der Waals surface area (Å²) in [5, 5.41) is 9.38. The molecule has 1 aromatic carbocycles. The second-order valence-corrected chi connectivity index (χ2v) is 3.77. The standard InChI is InChI=1S/C12H18O2/c1-9(10(2)13)7-11-5-4-6-12(8-11)14-3/h4-6,8-10,13H,7H2,1-3H3. The molecule has 1 N–H and O–H groups in total. The van der Waals surface area contributed by atoms with Gasteiger partial charge in [0.2, 0.25) is 0 Å². The fraction of sp³-hybridized carbons (Fsp3) is 0.500. The largest absolute Gasteiger partial charge is 0.497 e. The molecule has 2 unspecified atom stereocenters. The van der Waals surface area contributed by atoms with Crippen LogP contribution in [0.3, 0.4) is 0 Å². The van der Waals surface area contributed by atoms with E-state index in [1.807, 2.05) is 32.0 Å². The molecule has 0 aliphatic carbocycles. The van der Waals surface area contributed by atoms with Gasteiger partial charge in [-0.3, -0.25) is 0 Å². The molecule has 2 nitrogen and oxygen atoms in total. The Morgan fingerprint density at radius 3 is 2.64 bits per heavy atom. The highest BCUT2D eigenvalue weighted by atomic mass is 16.5. The lowest BCUT2D eigenvalue weighted by Crippen LogP contribution is -2.15. The van der Waals surface area contributed by atoms with E-state index in [0.29, 0.717) is 0 Å². The first-order chi connectivity index (χ1) is 6.63. The summed E-state index contributed by atoms with van der Waals surface area (Å²) in [7, 11) is 1.66. The van der Waals surface area contributed by atoms with E-state index >= 15 is 0 Å². The van der Waals surface area contributed by atoms with Crippen LogP contribution < -0.4 is 4.74 Å². The zero-order valence-electron chi connectivity index (χ0n) is 9.03. The quantitative estimate of drug-likeness (QED) is 0.796. The van der Waals surface area contributed by atoms with Crippen molar-refractivity contribution in [3.05, 3.63) is 29.8 Å². The van der Waals surface area contributed by atoms with Gasteiger partial charge in [0.25, 0.3) is 0 Å². The lowest BCUT2D eigenvalue weighted by Gasteiger charge is -2.14. The van der Waals surface area contributed by atoms with Crippen molar-refractivity contribution in [3.8, 4) is 5.75 Å². The van der Waals surface area contributed by atoms with Gasteiger partial charge in [0.1, 0.15) is 5.75 Å². The van der Waals surface area contributed by atoms with Crippen molar-refractivity contribution in [2.24, 2.45) is 5.92 Å². The fourth-order valence-corrected chi connectivity index (χ4v) is 1.34. The van der Waals surface area contributed by atoms with Crippen LogP contribution in [-0.4, -0.2) is 18.3 Å². The van der Waals surface area contributed by atoms with Gasteiger partial charge in [0.05, 0.1) is 13.2 Å². The summed E-state index contributed by atoms with van der Waals surface area (Å²) in [6.45, 7) is 3.87. The number of benzene rings is 1. The van der Waals surface area contributed by atoms with E-state index in [0.717, 1.165) is 12.2 Å². The van der Waals surface area contributed by atoms with E-state index < -0.39 is 0 Å². The number of rotatable bonds is 4. The second kappa shape index (κ2) is 5.01. The summed E-state index contributed by atoms with van der Waals surface area (Å²) in [6.07, 6.45) is 0.621. The van der Waals surface area contributed by atoms with E-state index in [4.69, 9.17) is 4.74 Å². The first kappa shape index (κ1) is 11.1. The minimum absolute atomic E-state index is 0.263. The Morgan fingerprint density at radius 2 is 2.07 bits per heavy atom. The Balaban J connectivity index is 2.66. The normalized spacial score (nSPS) is 14.9. The van der Waals surface area contributed by atoms with Gasteiger partial charge in [-0.2, -0.15) is 0 Å². The number of aliphatic hydroxyl groups excluding tert-OH is 1. The van der Waals surface area contributed by atoms with Crippen molar-refractivity contribution >= 4 is 0 Å². The van der Waals surface area contributed by atoms with E-state index in [1.165, 1.54) is 5.56 Å². The molecule has 0 amide bonds. The fourth-order valence-electron chi connectivity index (χ4n) is 1.34. The van der Waals surface area contributed by atoms with Crippen LogP contribution in [-0.2, 0) is 6.42 Å². The Bertz CT molecular complexity index is 281. The lowest BCUT2D eigenvalue weighted by molar-refractivity contribution is 0.135. The predicted molar refractivity (Wildman–Crippen MR) is 57.5 cm³/mol. The Hall–Kier alpha value is -1.02. The summed E-state index contributed by atoms with van der Waals surface area (Å²) >= 11 is 0. The maximum Gasteiger partial charge on any atom is 0.119 e. The summed E-state index contributed by atoms with van der Waals surface area (Å²) in [5.74, 6) is 1.15. The summed E-state index contributed by atoms with van der Waals surface area (Å²) in [5.41, 5.74) is 1.21. The van der Waals surface area contributed by atoms with Crippen LogP contribution in [0.5, 0.6) is 5.75 Å². The second-order valence-electron chi connectivity index (χ2n) is 3.77. The van der Waals surface area contributed by atoms with Gasteiger partial charge in [-0.1, -0.05) is 19.1 Å². The molecule has 0 bridgehead atoms. The van der Waals surface area contributed by atoms with Gasteiger partial charge >= 0.3 is 0 Å². The number of hydrogen-bond acceptors (Lipinski definition) is 2. The minimum Gasteiger partial charge on any atom is -0.497 e. The average Bonchev–Trinajstić information content (AvgIpc) is 2.18. The van der Waals surface area contributed by atoms with E-state index in [2.05, 4.69) is 6.07 Å². The van der Waals surface area contributed by atoms with Crippen molar-refractivity contribution in [2.45, 2.75) is 26.4 Å². The molecular weight excluding hydrogens is 176 g/mol. The predicted octanol–water partition coefficient (Wildman–Crippen LogP) is 2.25. The molecule has 0 heterocycles. The molecule has 0 aliphatic rings. The number of ether oxygens (including phenoxy) is 1. The third kappa shape index (κ3) is 3.04. The molecule has 0 fully saturated rings. The molecule has 0 aromatic heterocycles. The molecule has 0 spiro atoms. The number of methoxy groups -OCH3 is 1. The van der Waals surface area contributed by atoms with Crippen LogP contribution in [0.15, 0.2) is 24.3 Å². The van der Waals surface area contributed by atoms with Crippen LogP contribution in [0.4, 0.5) is 0 Å². The van der Waals surface area contributed by atoms with Crippen molar-refractivity contribution < 1.29 is 9.84 Å². The third-order valence-electron chi connectivity index (χ3n) is 2.52. The van der Waals surface area contributed by atoms with Crippen LogP contribution >= 0.6 is 0 Å². The zero-order valence-corrected chi connectivity index (χ0v) is 9.03. The topological polar surface area (TPSA) is 29.5 Å². The Kier molecular flexibility index (Phi) is 3.96. The lowest BCUT2D eigenvalue weighted by atomic mass is 9.97. The maximum atomic E-state index is 9.38. The Labute approximate surface area is 85.5 Å². The minimum atomic E-state index is -0.263. The molecule has 14 heavy (non-hydrogen) atoms. The van der Waals surface area contributed by atoms with Crippen molar-refractivity contribution in [2.75, 3.05) is 7.11 Å². The number of aliphatic hydroxyl groups is 1. The van der Waals surface area contributed by atoms with Gasteiger partial charge in [-0.15, -0.1) is 0 Å². The van der Waals surface area contributed by atoms with E-state index in [9.17, 15) is 5.11 Å². The van der Waals surface area contributed by atoms with Gasteiger partial charge in [-0.05, 0) is 37.0 Å². The van der Waals surface area contributed by atoms with Crippen molar-refractivity contribution in [1.29, 1.82) is 0 Å². The molecule has 78 valence electrons. The molecule has 0 aliphatic heterocycles. The number of hydrogen-bond donors (Lipinski definition) is 1. The first-order valence-corrected chi connectivity index (χ1v) is 4.94. The molecule has 1 rings (SSSR count). The van der Waals surface area contributed by atoms with Gasteiger partial charge in [-0.25, -0.2) is 0 Å². The smallest absolute Gasteiger partial charge is 0.119 e. The highest BCUT2D eigenvalue weighted by Crippen LogP contribution is 2.17. The summed E-state index contributed by atoms with van der Waals surface area (Å²) in [4.78, 5) is 0. The van der Waals surface area contributed by atoms with Crippen LogP contribution in [0.2, 0.25) is 0 Å². The third-order valence-corrected chi connectivity index (χ3v) is 2.52. The summed E-state index contributed by atoms with van der Waals surface area (Å²) < 4.78 is 5.13. The van der Waals surface area contributed by atoms with Gasteiger partial charge in [0, 0.05) is 0 Å². The summed E-state index contributed by atoms with van der Waals surface area (Å²) in [6, 6.07) is 7.97. The van der Waals surface area contributed by atoms with E-state index in [-0.39, 0.29) is 12.0 Å². The molecule has 0 saturated carbocycles. The molecule has 2 heteroatoms. The molecular formula is C12H18O2. The Morgan fingerprint density at radius 1 is 1.36 bits per heavy atom.